The van der Waals surface area contributed by atoms with Crippen molar-refractivity contribution in [2.75, 3.05) is 0 Å². The number of halogens is 2. The van der Waals surface area contributed by atoms with E-state index in [1.165, 1.54) is 0 Å². The number of para-hydroxylation sites is 1. The van der Waals surface area contributed by atoms with Gasteiger partial charge in [-0.05, 0) is 48.1 Å². The summed E-state index contributed by atoms with van der Waals surface area (Å²) in [5, 5.41) is 0. The van der Waals surface area contributed by atoms with E-state index in [-0.39, 0.29) is 34.3 Å². The molecule has 0 bridgehead atoms. The van der Waals surface area contributed by atoms with Crippen molar-refractivity contribution in [3.63, 3.8) is 0 Å². The number of hydrogen-bond acceptors (Lipinski definition) is 3. The van der Waals surface area contributed by atoms with Crippen LogP contribution in [0.2, 0.25) is 0 Å². The van der Waals surface area contributed by atoms with Crippen LogP contribution in [0.1, 0.15) is 45.8 Å². The molecule has 2 rings (SSSR count). The predicted octanol–water partition coefficient (Wildman–Crippen LogP) is 7.70. The van der Waals surface area contributed by atoms with Crippen molar-refractivity contribution in [3.05, 3.63) is 70.7 Å². The molecular formula is C24H28Cl2O3. The van der Waals surface area contributed by atoms with E-state index < -0.39 is 0 Å². The van der Waals surface area contributed by atoms with E-state index >= 15 is 0 Å². The van der Waals surface area contributed by atoms with Crippen LogP contribution in [0.3, 0.4) is 0 Å². The maximum Gasteiger partial charge on any atom is 0.310 e. The lowest BCUT2D eigenvalue weighted by Crippen LogP contribution is -2.29. The fourth-order valence-electron chi connectivity index (χ4n) is 3.41. The molecule has 0 heterocycles. The highest BCUT2D eigenvalue weighted by Gasteiger charge is 2.30. The van der Waals surface area contributed by atoms with Crippen molar-refractivity contribution in [1.82, 2.24) is 0 Å². The Bertz CT molecular complexity index is 814. The van der Waals surface area contributed by atoms with E-state index in [0.717, 1.165) is 11.3 Å². The fraction of sp³-hybridized carbons (Fsp3) is 0.375. The zero-order valence-corrected chi connectivity index (χ0v) is 18.8. The maximum absolute atomic E-state index is 13.0. The Hall–Kier alpha value is -1.97. The molecule has 0 aliphatic heterocycles. The van der Waals surface area contributed by atoms with E-state index in [2.05, 4.69) is 0 Å². The lowest BCUT2D eigenvalue weighted by molar-refractivity contribution is -0.157. The van der Waals surface area contributed by atoms with E-state index in [0.29, 0.717) is 12.2 Å². The molecule has 0 spiro atoms. The van der Waals surface area contributed by atoms with Gasteiger partial charge in [0.25, 0.3) is 0 Å². The van der Waals surface area contributed by atoms with Crippen LogP contribution < -0.4 is 4.74 Å². The van der Waals surface area contributed by atoms with Gasteiger partial charge in [-0.15, -0.1) is 0 Å². The molecule has 0 aliphatic rings. The Morgan fingerprint density at radius 1 is 1.00 bits per heavy atom. The normalized spacial score (nSPS) is 14.0. The van der Waals surface area contributed by atoms with E-state index in [1.54, 1.807) is 6.08 Å². The minimum Gasteiger partial charge on any atom is -0.457 e. The standard InChI is InChI=1S/C24H28Cl2O3/c1-5-21(29-24(27)23(16(2)3)17(4)14-22(25)26)18-10-9-13-20(15-18)28-19-11-7-6-8-12-19/h6-17,21,23H,5H2,1-4H3. The zero-order chi connectivity index (χ0) is 21.4. The zero-order valence-electron chi connectivity index (χ0n) is 17.3. The lowest BCUT2D eigenvalue weighted by atomic mass is 9.84. The number of esters is 1. The molecule has 0 N–H and O–H groups in total. The van der Waals surface area contributed by atoms with Crippen molar-refractivity contribution < 1.29 is 14.3 Å². The van der Waals surface area contributed by atoms with E-state index in [4.69, 9.17) is 32.7 Å². The van der Waals surface area contributed by atoms with Crippen LogP contribution in [0.5, 0.6) is 11.5 Å². The van der Waals surface area contributed by atoms with E-state index in [1.807, 2.05) is 82.3 Å². The molecule has 0 saturated carbocycles. The number of hydrogen-bond donors (Lipinski definition) is 0. The summed E-state index contributed by atoms with van der Waals surface area (Å²) in [4.78, 5) is 13.0. The predicted molar refractivity (Wildman–Crippen MR) is 119 cm³/mol. The quantitative estimate of drug-likeness (QED) is 0.379. The second-order valence-corrected chi connectivity index (χ2v) is 8.41. The maximum atomic E-state index is 13.0. The Kier molecular flexibility index (Phi) is 9.06. The van der Waals surface area contributed by atoms with Gasteiger partial charge in [0.15, 0.2) is 0 Å². The van der Waals surface area contributed by atoms with Gasteiger partial charge in [-0.25, -0.2) is 0 Å². The number of carbonyl (C=O) groups excluding carboxylic acids is 1. The minimum absolute atomic E-state index is 0.0895. The van der Waals surface area contributed by atoms with Crippen molar-refractivity contribution in [1.29, 1.82) is 0 Å². The monoisotopic (exact) mass is 434 g/mol. The molecule has 29 heavy (non-hydrogen) atoms. The Morgan fingerprint density at radius 3 is 2.24 bits per heavy atom. The third-order valence-electron chi connectivity index (χ3n) is 4.78. The molecule has 0 fully saturated rings. The summed E-state index contributed by atoms with van der Waals surface area (Å²) in [6, 6.07) is 17.2. The third-order valence-corrected chi connectivity index (χ3v) is 5.04. The highest BCUT2D eigenvalue weighted by Crippen LogP contribution is 2.32. The fourth-order valence-corrected chi connectivity index (χ4v) is 3.80. The molecule has 0 aliphatic carbocycles. The first-order valence-corrected chi connectivity index (χ1v) is 10.6. The first kappa shape index (κ1) is 23.3. The summed E-state index contributed by atoms with van der Waals surface area (Å²) >= 11 is 11.6. The Balaban J connectivity index is 2.17. The molecule has 2 aromatic carbocycles. The average Bonchev–Trinajstić information content (AvgIpc) is 2.66. The molecule has 3 nitrogen and oxygen atoms in total. The van der Waals surface area contributed by atoms with Crippen molar-refractivity contribution >= 4 is 29.2 Å². The van der Waals surface area contributed by atoms with Crippen molar-refractivity contribution in [2.24, 2.45) is 17.8 Å². The summed E-state index contributed by atoms with van der Waals surface area (Å²) < 4.78 is 12.0. The minimum atomic E-state index is -0.356. The molecule has 3 unspecified atom stereocenters. The number of allylic oxidation sites excluding steroid dienone is 1. The summed E-state index contributed by atoms with van der Waals surface area (Å²) in [6.45, 7) is 7.90. The van der Waals surface area contributed by atoms with Crippen LogP contribution in [-0.2, 0) is 9.53 Å². The Morgan fingerprint density at radius 2 is 1.66 bits per heavy atom. The number of benzene rings is 2. The van der Waals surface area contributed by atoms with Gasteiger partial charge >= 0.3 is 5.97 Å². The summed E-state index contributed by atoms with van der Waals surface area (Å²) in [7, 11) is 0. The van der Waals surface area contributed by atoms with Crippen LogP contribution in [0.25, 0.3) is 0 Å². The highest BCUT2D eigenvalue weighted by atomic mass is 35.5. The lowest BCUT2D eigenvalue weighted by Gasteiger charge is -2.26. The summed E-state index contributed by atoms with van der Waals surface area (Å²) in [5.41, 5.74) is 0.898. The van der Waals surface area contributed by atoms with E-state index in [9.17, 15) is 4.79 Å². The van der Waals surface area contributed by atoms with Crippen molar-refractivity contribution in [2.45, 2.75) is 40.2 Å². The van der Waals surface area contributed by atoms with Gasteiger partial charge in [-0.2, -0.15) is 0 Å². The molecule has 5 heteroatoms. The molecule has 3 atom stereocenters. The number of ether oxygens (including phenoxy) is 2. The molecule has 0 aromatic heterocycles. The first-order valence-electron chi connectivity index (χ1n) is 9.88. The molecule has 0 amide bonds. The van der Waals surface area contributed by atoms with Crippen LogP contribution in [-0.4, -0.2) is 5.97 Å². The van der Waals surface area contributed by atoms with Gasteiger partial charge in [0.05, 0.1) is 5.92 Å². The van der Waals surface area contributed by atoms with Crippen molar-refractivity contribution in [3.8, 4) is 11.5 Å². The van der Waals surface area contributed by atoms with Gasteiger partial charge < -0.3 is 9.47 Å². The SMILES string of the molecule is CCC(OC(=O)C(C(C)C)C(C)C=C(Cl)Cl)c1cccc(Oc2ccccc2)c1. The number of rotatable bonds is 9. The molecular weight excluding hydrogens is 407 g/mol. The average molecular weight is 435 g/mol. The van der Waals surface area contributed by atoms with Crippen LogP contribution >= 0.6 is 23.2 Å². The van der Waals surface area contributed by atoms with Gasteiger partial charge in [-0.1, -0.05) is 87.3 Å². The molecule has 0 radical (unpaired) electrons. The third kappa shape index (κ3) is 7.09. The van der Waals surface area contributed by atoms with Gasteiger partial charge in [0.1, 0.15) is 22.1 Å². The first-order chi connectivity index (χ1) is 13.8. The largest absolute Gasteiger partial charge is 0.457 e. The van der Waals surface area contributed by atoms with Gasteiger partial charge in [0.2, 0.25) is 0 Å². The molecule has 0 saturated heterocycles. The molecule has 2 aromatic rings. The van der Waals surface area contributed by atoms with Gasteiger partial charge in [-0.3, -0.25) is 4.79 Å². The molecule has 156 valence electrons. The van der Waals surface area contributed by atoms with Gasteiger partial charge in [0, 0.05) is 0 Å². The Labute approximate surface area is 183 Å². The smallest absolute Gasteiger partial charge is 0.310 e. The van der Waals surface area contributed by atoms with Crippen LogP contribution in [0, 0.1) is 17.8 Å². The summed E-state index contributed by atoms with van der Waals surface area (Å²) in [6.07, 6.45) is 1.99. The second kappa shape index (κ2) is 11.3. The van der Waals surface area contributed by atoms with Crippen LogP contribution in [0.15, 0.2) is 65.2 Å². The highest BCUT2D eigenvalue weighted by molar-refractivity contribution is 6.55. The number of carbonyl (C=O) groups is 1. The topological polar surface area (TPSA) is 35.5 Å². The summed E-state index contributed by atoms with van der Waals surface area (Å²) in [5.74, 6) is 0.839. The van der Waals surface area contributed by atoms with Crippen LogP contribution in [0.4, 0.5) is 0 Å². The second-order valence-electron chi connectivity index (χ2n) is 7.41.